The third kappa shape index (κ3) is 2.45. The van der Waals surface area contributed by atoms with Gasteiger partial charge in [0, 0.05) is 11.6 Å². The van der Waals surface area contributed by atoms with Gasteiger partial charge >= 0.3 is 0 Å². The number of hydrogen-bond donors (Lipinski definition) is 1. The molecule has 1 saturated carbocycles. The van der Waals surface area contributed by atoms with Gasteiger partial charge in [0.05, 0.1) is 5.75 Å². The highest BCUT2D eigenvalue weighted by molar-refractivity contribution is 7.92. The van der Waals surface area contributed by atoms with Crippen LogP contribution in [0.2, 0.25) is 0 Å². The molecule has 0 atom stereocenters. The van der Waals surface area contributed by atoms with Gasteiger partial charge in [-0.05, 0) is 18.8 Å². The first-order valence-electron chi connectivity index (χ1n) is 4.56. The molecule has 0 bridgehead atoms. The molecule has 0 aromatic carbocycles. The molecule has 2 rings (SSSR count). The average Bonchev–Trinajstić information content (AvgIpc) is 2.49. The Morgan fingerprint density at radius 3 is 2.86 bits per heavy atom. The first-order valence-corrected chi connectivity index (χ1v) is 7.09. The highest BCUT2D eigenvalue weighted by atomic mass is 32.2. The van der Waals surface area contributed by atoms with Crippen molar-refractivity contribution in [3.8, 4) is 0 Å². The minimum Gasteiger partial charge on any atom is -0.259 e. The van der Waals surface area contributed by atoms with Crippen molar-refractivity contribution < 1.29 is 8.42 Å². The lowest BCUT2D eigenvalue weighted by atomic mass is 9.87. The third-order valence-corrected chi connectivity index (χ3v) is 4.59. The van der Waals surface area contributed by atoms with Gasteiger partial charge in [0.2, 0.25) is 10.0 Å². The van der Waals surface area contributed by atoms with Gasteiger partial charge < -0.3 is 0 Å². The molecule has 1 aliphatic rings. The Morgan fingerprint density at radius 1 is 1.57 bits per heavy atom. The molecule has 78 valence electrons. The van der Waals surface area contributed by atoms with E-state index in [1.54, 1.807) is 11.6 Å². The summed E-state index contributed by atoms with van der Waals surface area (Å²) < 4.78 is 25.6. The van der Waals surface area contributed by atoms with Crippen LogP contribution in [0.1, 0.15) is 19.3 Å². The summed E-state index contributed by atoms with van der Waals surface area (Å²) >= 11 is 1.30. The summed E-state index contributed by atoms with van der Waals surface area (Å²) in [6.45, 7) is 0. The minimum absolute atomic E-state index is 0.243. The Labute approximate surface area is 87.4 Å². The summed E-state index contributed by atoms with van der Waals surface area (Å²) in [5, 5.41) is 2.21. The molecule has 1 aromatic heterocycles. The van der Waals surface area contributed by atoms with E-state index in [1.807, 2.05) is 0 Å². The van der Waals surface area contributed by atoms with Gasteiger partial charge in [-0.25, -0.2) is 13.4 Å². The van der Waals surface area contributed by atoms with Crippen molar-refractivity contribution in [1.82, 2.24) is 4.98 Å². The van der Waals surface area contributed by atoms with Crippen LogP contribution in [-0.4, -0.2) is 19.2 Å². The summed E-state index contributed by atoms with van der Waals surface area (Å²) in [5.74, 6) is 0.597. The van der Waals surface area contributed by atoms with Crippen LogP contribution in [0.4, 0.5) is 5.13 Å². The molecule has 1 aliphatic carbocycles. The van der Waals surface area contributed by atoms with Gasteiger partial charge in [-0.3, -0.25) is 4.72 Å². The summed E-state index contributed by atoms with van der Waals surface area (Å²) in [7, 11) is -3.17. The molecule has 1 aromatic rings. The van der Waals surface area contributed by atoms with E-state index in [-0.39, 0.29) is 5.75 Å². The van der Waals surface area contributed by atoms with E-state index >= 15 is 0 Å². The molecule has 0 unspecified atom stereocenters. The van der Waals surface area contributed by atoms with E-state index in [0.717, 1.165) is 19.3 Å². The maximum Gasteiger partial charge on any atom is 0.234 e. The molecule has 4 nitrogen and oxygen atoms in total. The minimum atomic E-state index is -3.17. The van der Waals surface area contributed by atoms with Crippen LogP contribution in [0.5, 0.6) is 0 Å². The second kappa shape index (κ2) is 3.86. The Kier molecular flexibility index (Phi) is 2.73. The second-order valence-electron chi connectivity index (χ2n) is 3.52. The highest BCUT2D eigenvalue weighted by Crippen LogP contribution is 2.28. The average molecular weight is 232 g/mol. The Bertz CT molecular complexity index is 381. The largest absolute Gasteiger partial charge is 0.259 e. The number of nitrogens with one attached hydrogen (secondary N) is 1. The second-order valence-corrected chi connectivity index (χ2v) is 6.18. The van der Waals surface area contributed by atoms with Gasteiger partial charge in [0.1, 0.15) is 0 Å². The van der Waals surface area contributed by atoms with Crippen LogP contribution in [0.3, 0.4) is 0 Å². The zero-order chi connectivity index (χ0) is 10.0. The van der Waals surface area contributed by atoms with Crippen LogP contribution in [0.25, 0.3) is 0 Å². The fourth-order valence-electron chi connectivity index (χ4n) is 1.42. The number of hydrogen-bond acceptors (Lipinski definition) is 4. The fourth-order valence-corrected chi connectivity index (χ4v) is 3.72. The molecule has 0 aliphatic heterocycles. The van der Waals surface area contributed by atoms with Crippen LogP contribution < -0.4 is 4.72 Å². The van der Waals surface area contributed by atoms with Crippen molar-refractivity contribution in [1.29, 1.82) is 0 Å². The van der Waals surface area contributed by atoms with E-state index < -0.39 is 10.0 Å². The Hall–Kier alpha value is -0.620. The molecular formula is C8H12N2O2S2. The predicted molar refractivity (Wildman–Crippen MR) is 56.9 cm³/mol. The van der Waals surface area contributed by atoms with Crippen molar-refractivity contribution in [3.05, 3.63) is 11.6 Å². The molecule has 0 saturated heterocycles. The van der Waals surface area contributed by atoms with Gasteiger partial charge in [-0.15, -0.1) is 11.3 Å². The number of sulfonamides is 1. The standard InChI is InChI=1S/C8H12N2O2S2/c11-14(12,6-7-2-1-3-7)10-8-9-4-5-13-8/h4-5,7H,1-3,6H2,(H,9,10). The number of nitrogens with zero attached hydrogens (tertiary/aromatic N) is 1. The maximum atomic E-state index is 11.6. The SMILES string of the molecule is O=S(=O)(CC1CCC1)Nc1nccs1. The van der Waals surface area contributed by atoms with E-state index in [4.69, 9.17) is 0 Å². The van der Waals surface area contributed by atoms with Gasteiger partial charge in [-0.2, -0.15) is 0 Å². The molecule has 0 amide bonds. The lowest BCUT2D eigenvalue weighted by Gasteiger charge is -2.24. The first kappa shape index (κ1) is 9.92. The number of rotatable bonds is 4. The van der Waals surface area contributed by atoms with Crippen LogP contribution in [-0.2, 0) is 10.0 Å². The summed E-state index contributed by atoms with van der Waals surface area (Å²) in [6.07, 6.45) is 4.83. The van der Waals surface area contributed by atoms with E-state index in [2.05, 4.69) is 9.71 Å². The normalized spacial score (nSPS) is 17.7. The van der Waals surface area contributed by atoms with Crippen LogP contribution in [0.15, 0.2) is 11.6 Å². The smallest absolute Gasteiger partial charge is 0.234 e. The lowest BCUT2D eigenvalue weighted by Crippen LogP contribution is -2.26. The van der Waals surface area contributed by atoms with Gasteiger partial charge in [0.15, 0.2) is 5.13 Å². The molecule has 1 N–H and O–H groups in total. The van der Waals surface area contributed by atoms with Crippen LogP contribution in [0, 0.1) is 5.92 Å². The van der Waals surface area contributed by atoms with E-state index in [9.17, 15) is 8.42 Å². The number of thiazole rings is 1. The number of anilines is 1. The van der Waals surface area contributed by atoms with Crippen LogP contribution >= 0.6 is 11.3 Å². The first-order chi connectivity index (χ1) is 6.66. The lowest BCUT2D eigenvalue weighted by molar-refractivity contribution is 0.347. The quantitative estimate of drug-likeness (QED) is 0.859. The molecule has 6 heteroatoms. The molecule has 1 fully saturated rings. The fraction of sp³-hybridized carbons (Fsp3) is 0.625. The molecule has 14 heavy (non-hydrogen) atoms. The molecule has 0 radical (unpaired) electrons. The van der Waals surface area contributed by atoms with E-state index in [0.29, 0.717) is 11.0 Å². The highest BCUT2D eigenvalue weighted by Gasteiger charge is 2.24. The molecule has 0 spiro atoms. The van der Waals surface area contributed by atoms with Crippen molar-refractivity contribution in [2.24, 2.45) is 5.92 Å². The summed E-state index contributed by atoms with van der Waals surface area (Å²) in [6, 6.07) is 0. The van der Waals surface area contributed by atoms with Gasteiger partial charge in [-0.1, -0.05) is 6.42 Å². The third-order valence-electron chi connectivity index (χ3n) is 2.35. The Balaban J connectivity index is 1.95. The monoisotopic (exact) mass is 232 g/mol. The topological polar surface area (TPSA) is 59.1 Å². The van der Waals surface area contributed by atoms with Gasteiger partial charge in [0.25, 0.3) is 0 Å². The zero-order valence-electron chi connectivity index (χ0n) is 7.64. The zero-order valence-corrected chi connectivity index (χ0v) is 9.27. The predicted octanol–water partition coefficient (Wildman–Crippen LogP) is 1.68. The number of aromatic nitrogens is 1. The summed E-state index contributed by atoms with van der Waals surface area (Å²) in [4.78, 5) is 3.88. The van der Waals surface area contributed by atoms with Crippen molar-refractivity contribution >= 4 is 26.5 Å². The molecule has 1 heterocycles. The molecular weight excluding hydrogens is 220 g/mol. The maximum absolute atomic E-state index is 11.6. The van der Waals surface area contributed by atoms with E-state index in [1.165, 1.54) is 11.3 Å². The Morgan fingerprint density at radius 2 is 2.36 bits per heavy atom. The van der Waals surface area contributed by atoms with Crippen molar-refractivity contribution in [2.75, 3.05) is 10.5 Å². The summed E-state index contributed by atoms with van der Waals surface area (Å²) in [5.41, 5.74) is 0. The van der Waals surface area contributed by atoms with Crippen molar-refractivity contribution in [2.45, 2.75) is 19.3 Å². The van der Waals surface area contributed by atoms with Crippen molar-refractivity contribution in [3.63, 3.8) is 0 Å².